The summed E-state index contributed by atoms with van der Waals surface area (Å²) in [6.45, 7) is 1.63. The van der Waals surface area contributed by atoms with Gasteiger partial charge in [0, 0.05) is 16.3 Å². The van der Waals surface area contributed by atoms with Crippen molar-refractivity contribution in [2.75, 3.05) is 10.6 Å². The Balaban J connectivity index is 1.57. The van der Waals surface area contributed by atoms with Crippen LogP contribution in [-0.2, 0) is 20.6 Å². The largest absolute Gasteiger partial charge is 0.481 e. The van der Waals surface area contributed by atoms with E-state index in [-0.39, 0.29) is 11.6 Å². The molecular formula is C24H23F3N2O4S. The van der Waals surface area contributed by atoms with Gasteiger partial charge in [-0.25, -0.2) is 0 Å². The molecule has 0 spiro atoms. The Morgan fingerprint density at radius 3 is 2.24 bits per heavy atom. The van der Waals surface area contributed by atoms with E-state index in [2.05, 4.69) is 10.6 Å². The molecule has 3 atom stereocenters. The highest BCUT2D eigenvalue weighted by Crippen LogP contribution is 2.32. The van der Waals surface area contributed by atoms with Gasteiger partial charge in [0.05, 0.1) is 22.6 Å². The third-order valence-electron chi connectivity index (χ3n) is 5.35. The van der Waals surface area contributed by atoms with E-state index in [1.807, 2.05) is 0 Å². The maximum absolute atomic E-state index is 12.9. The summed E-state index contributed by atoms with van der Waals surface area (Å²) in [6, 6.07) is 11.1. The summed E-state index contributed by atoms with van der Waals surface area (Å²) in [5, 5.41) is 14.0. The molecule has 2 aromatic carbocycles. The Bertz CT molecular complexity index is 1090. The molecular weight excluding hydrogens is 469 g/mol. The van der Waals surface area contributed by atoms with Gasteiger partial charge in [-0.3, -0.25) is 14.4 Å². The lowest BCUT2D eigenvalue weighted by atomic mass is 9.82. The third-order valence-corrected chi connectivity index (χ3v) is 6.46. The molecule has 0 heterocycles. The van der Waals surface area contributed by atoms with Gasteiger partial charge in [0.1, 0.15) is 0 Å². The smallest absolute Gasteiger partial charge is 0.416 e. The molecule has 1 aliphatic rings. The number of allylic oxidation sites excluding steroid dienone is 2. The molecule has 0 saturated carbocycles. The normalized spacial score (nSPS) is 18.7. The maximum atomic E-state index is 12.9. The molecule has 0 radical (unpaired) electrons. The van der Waals surface area contributed by atoms with E-state index in [9.17, 15) is 32.7 Å². The van der Waals surface area contributed by atoms with Crippen LogP contribution in [-0.4, -0.2) is 28.1 Å². The van der Waals surface area contributed by atoms with Crippen molar-refractivity contribution in [3.63, 3.8) is 0 Å². The van der Waals surface area contributed by atoms with Crippen LogP contribution in [0.3, 0.4) is 0 Å². The fourth-order valence-corrected chi connectivity index (χ4v) is 4.37. The van der Waals surface area contributed by atoms with E-state index in [4.69, 9.17) is 0 Å². The van der Waals surface area contributed by atoms with Crippen molar-refractivity contribution in [3.05, 3.63) is 66.2 Å². The highest BCUT2D eigenvalue weighted by atomic mass is 32.2. The summed E-state index contributed by atoms with van der Waals surface area (Å²) < 4.78 is 38.6. The second kappa shape index (κ2) is 10.8. The van der Waals surface area contributed by atoms with Gasteiger partial charge in [0.2, 0.25) is 11.8 Å². The number of anilines is 2. The molecule has 0 saturated heterocycles. The Kier molecular flexibility index (Phi) is 8.03. The van der Waals surface area contributed by atoms with Crippen molar-refractivity contribution < 1.29 is 32.7 Å². The summed E-state index contributed by atoms with van der Waals surface area (Å²) in [7, 11) is 0. The fraction of sp³-hybridized carbons (Fsp3) is 0.292. The topological polar surface area (TPSA) is 95.5 Å². The first kappa shape index (κ1) is 25.4. The standard InChI is InChI=1S/C24H23F3N2O4S/c1-14(21(30)29-17-6-4-5-15(13-17)24(25,26)27)34-18-11-9-16(10-12-18)28-22(31)19-7-2-3-8-20(19)23(32)33/h2-6,9-14,19-20H,7-8H2,1H3,(H,28,31)(H,29,30)(H,32,33). The highest BCUT2D eigenvalue weighted by molar-refractivity contribution is 8.00. The number of hydrogen-bond acceptors (Lipinski definition) is 4. The van der Waals surface area contributed by atoms with Crippen LogP contribution in [0.2, 0.25) is 0 Å². The minimum atomic E-state index is -4.50. The van der Waals surface area contributed by atoms with Gasteiger partial charge in [0.25, 0.3) is 0 Å². The molecule has 3 unspecified atom stereocenters. The lowest BCUT2D eigenvalue weighted by molar-refractivity contribution is -0.146. The Morgan fingerprint density at radius 2 is 1.62 bits per heavy atom. The lowest BCUT2D eigenvalue weighted by Crippen LogP contribution is -2.34. The first-order chi connectivity index (χ1) is 16.0. The minimum Gasteiger partial charge on any atom is -0.481 e. The zero-order chi connectivity index (χ0) is 24.9. The quantitative estimate of drug-likeness (QED) is 0.354. The summed E-state index contributed by atoms with van der Waals surface area (Å²) in [6.07, 6.45) is -0.270. The van der Waals surface area contributed by atoms with Crippen LogP contribution in [0.15, 0.2) is 65.6 Å². The van der Waals surface area contributed by atoms with Crippen LogP contribution in [0.25, 0.3) is 0 Å². The van der Waals surface area contributed by atoms with Gasteiger partial charge in [-0.2, -0.15) is 13.2 Å². The number of thioether (sulfide) groups is 1. The number of benzene rings is 2. The number of carboxylic acids is 1. The number of rotatable bonds is 7. The van der Waals surface area contributed by atoms with Crippen LogP contribution in [0.5, 0.6) is 0 Å². The SMILES string of the molecule is CC(Sc1ccc(NC(=O)C2CC=CCC2C(=O)O)cc1)C(=O)Nc1cccc(C(F)(F)F)c1. The lowest BCUT2D eigenvalue weighted by Gasteiger charge is -2.24. The van der Waals surface area contributed by atoms with Gasteiger partial charge in [-0.15, -0.1) is 11.8 Å². The number of carboxylic acid groups (broad SMARTS) is 1. The predicted molar refractivity (Wildman–Crippen MR) is 123 cm³/mol. The molecule has 34 heavy (non-hydrogen) atoms. The molecule has 0 bridgehead atoms. The second-order valence-electron chi connectivity index (χ2n) is 7.84. The monoisotopic (exact) mass is 492 g/mol. The highest BCUT2D eigenvalue weighted by Gasteiger charge is 2.34. The number of halogens is 3. The number of carbonyl (C=O) groups excluding carboxylic acids is 2. The van der Waals surface area contributed by atoms with Crippen LogP contribution in [0.1, 0.15) is 25.3 Å². The molecule has 3 N–H and O–H groups in total. The summed E-state index contributed by atoms with van der Waals surface area (Å²) >= 11 is 1.21. The van der Waals surface area contributed by atoms with Gasteiger partial charge in [-0.1, -0.05) is 18.2 Å². The molecule has 10 heteroatoms. The van der Waals surface area contributed by atoms with Crippen molar-refractivity contribution in [1.29, 1.82) is 0 Å². The van der Waals surface area contributed by atoms with E-state index < -0.39 is 40.7 Å². The van der Waals surface area contributed by atoms with Crippen LogP contribution < -0.4 is 10.6 Å². The molecule has 180 valence electrons. The number of aliphatic carboxylic acids is 1. The van der Waals surface area contributed by atoms with Gasteiger partial charge < -0.3 is 15.7 Å². The van der Waals surface area contributed by atoms with Crippen LogP contribution >= 0.6 is 11.8 Å². The van der Waals surface area contributed by atoms with Crippen LogP contribution in [0.4, 0.5) is 24.5 Å². The van der Waals surface area contributed by atoms with Gasteiger partial charge >= 0.3 is 12.1 Å². The number of nitrogens with one attached hydrogen (secondary N) is 2. The number of alkyl halides is 3. The summed E-state index contributed by atoms with van der Waals surface area (Å²) in [5.41, 5.74) is -0.293. The molecule has 6 nitrogen and oxygen atoms in total. The summed E-state index contributed by atoms with van der Waals surface area (Å²) in [5.74, 6) is -3.25. The van der Waals surface area contributed by atoms with E-state index in [1.165, 1.54) is 23.9 Å². The first-order valence-electron chi connectivity index (χ1n) is 10.5. The number of hydrogen-bond donors (Lipinski definition) is 3. The average Bonchev–Trinajstić information content (AvgIpc) is 2.79. The minimum absolute atomic E-state index is 0.0579. The number of carbonyl (C=O) groups is 3. The van der Waals surface area contributed by atoms with Crippen molar-refractivity contribution in [1.82, 2.24) is 0 Å². The predicted octanol–water partition coefficient (Wildman–Crippen LogP) is 5.43. The molecule has 0 aliphatic heterocycles. The molecule has 3 rings (SSSR count). The van der Waals surface area contributed by atoms with E-state index >= 15 is 0 Å². The Morgan fingerprint density at radius 1 is 0.971 bits per heavy atom. The van der Waals surface area contributed by atoms with E-state index in [0.717, 1.165) is 12.1 Å². The zero-order valence-electron chi connectivity index (χ0n) is 18.1. The Labute approximate surface area is 198 Å². The molecule has 0 aromatic heterocycles. The van der Waals surface area contributed by atoms with Crippen LogP contribution in [0, 0.1) is 11.8 Å². The van der Waals surface area contributed by atoms with Crippen molar-refractivity contribution in [2.45, 2.75) is 36.1 Å². The zero-order valence-corrected chi connectivity index (χ0v) is 19.0. The number of amides is 2. The van der Waals surface area contributed by atoms with Crippen molar-refractivity contribution in [2.24, 2.45) is 11.8 Å². The fourth-order valence-electron chi connectivity index (χ4n) is 3.50. The third kappa shape index (κ3) is 6.63. The molecule has 1 aliphatic carbocycles. The average molecular weight is 493 g/mol. The van der Waals surface area contributed by atoms with E-state index in [0.29, 0.717) is 23.4 Å². The van der Waals surface area contributed by atoms with Gasteiger partial charge in [0.15, 0.2) is 0 Å². The Hall–Kier alpha value is -3.27. The molecule has 2 aromatic rings. The summed E-state index contributed by atoms with van der Waals surface area (Å²) in [4.78, 5) is 37.1. The van der Waals surface area contributed by atoms with E-state index in [1.54, 1.807) is 43.3 Å². The second-order valence-corrected chi connectivity index (χ2v) is 9.25. The first-order valence-corrected chi connectivity index (χ1v) is 11.4. The van der Waals surface area contributed by atoms with Crippen molar-refractivity contribution >= 4 is 40.9 Å². The molecule has 0 fully saturated rings. The maximum Gasteiger partial charge on any atom is 0.416 e. The van der Waals surface area contributed by atoms with Crippen molar-refractivity contribution in [3.8, 4) is 0 Å². The van der Waals surface area contributed by atoms with Gasteiger partial charge in [-0.05, 0) is 62.2 Å². The molecule has 2 amide bonds.